The van der Waals surface area contributed by atoms with Gasteiger partial charge in [-0.25, -0.2) is 9.82 Å². The molecule has 0 radical (unpaired) electrons. The van der Waals surface area contributed by atoms with Crippen molar-refractivity contribution < 1.29 is 28.4 Å². The average Bonchev–Trinajstić information content (AvgIpc) is 3.69. The van der Waals surface area contributed by atoms with Crippen LogP contribution >= 0.6 is 0 Å². The van der Waals surface area contributed by atoms with E-state index in [0.29, 0.717) is 37.5 Å². The van der Waals surface area contributed by atoms with Gasteiger partial charge < -0.3 is 21.0 Å². The molecule has 0 aromatic rings. The summed E-state index contributed by atoms with van der Waals surface area (Å²) in [4.78, 5) is 84.5. The Hall–Kier alpha value is -5.45. The number of nitrogens with one attached hydrogen (secondary N) is 5. The summed E-state index contributed by atoms with van der Waals surface area (Å²) in [7, 11) is 0. The monoisotopic (exact) mass is 821 g/mol. The molecule has 1 saturated carbocycles. The molecule has 3 saturated heterocycles. The number of imide groups is 1. The molecule has 7 atom stereocenters. The van der Waals surface area contributed by atoms with E-state index in [4.69, 9.17) is 4.99 Å². The van der Waals surface area contributed by atoms with Crippen LogP contribution in [0.15, 0.2) is 105 Å². The number of amidine groups is 1. The predicted octanol–water partition coefficient (Wildman–Crippen LogP) is 2.93. The summed E-state index contributed by atoms with van der Waals surface area (Å²) in [6.45, 7) is 3.67. The van der Waals surface area contributed by atoms with Gasteiger partial charge in [0.15, 0.2) is 11.6 Å². The first-order valence-electron chi connectivity index (χ1n) is 21.3. The van der Waals surface area contributed by atoms with Gasteiger partial charge in [-0.15, -0.1) is 0 Å². The Kier molecular flexibility index (Phi) is 12.7. The minimum absolute atomic E-state index is 0.114. The molecule has 5 N–H and O–H groups in total. The van der Waals surface area contributed by atoms with Crippen LogP contribution < -0.4 is 26.8 Å². The van der Waals surface area contributed by atoms with Gasteiger partial charge in [0.1, 0.15) is 23.7 Å². The van der Waals surface area contributed by atoms with Gasteiger partial charge >= 0.3 is 0 Å². The fourth-order valence-electron chi connectivity index (χ4n) is 9.49. The zero-order valence-electron chi connectivity index (χ0n) is 33.5. The van der Waals surface area contributed by atoms with Crippen molar-refractivity contribution in [2.24, 2.45) is 22.0 Å². The molecule has 0 bridgehead atoms. The van der Waals surface area contributed by atoms with Crippen LogP contribution in [0.4, 0.5) is 4.39 Å². The highest BCUT2D eigenvalue weighted by molar-refractivity contribution is 6.20. The van der Waals surface area contributed by atoms with Crippen LogP contribution in [-0.2, 0) is 24.0 Å². The Morgan fingerprint density at radius 3 is 2.52 bits per heavy atom. The maximum Gasteiger partial charge on any atom is 0.254 e. The van der Waals surface area contributed by atoms with Gasteiger partial charge in [-0.05, 0) is 43.9 Å². The number of unbranched alkanes of at least 4 members (excludes halogenated alkanes) is 4. The second kappa shape index (κ2) is 18.4. The number of ketones is 2. The highest BCUT2D eigenvalue weighted by Crippen LogP contribution is 2.36. The number of piperidine rings is 1. The number of nitroso groups, excluding NO2 is 1. The molecule has 3 amide bonds. The van der Waals surface area contributed by atoms with Gasteiger partial charge in [0, 0.05) is 80.4 Å². The van der Waals surface area contributed by atoms with E-state index >= 15 is 0 Å². The van der Waals surface area contributed by atoms with Gasteiger partial charge in [0.2, 0.25) is 11.8 Å². The second-order valence-electron chi connectivity index (χ2n) is 16.5. The predicted molar refractivity (Wildman–Crippen MR) is 222 cm³/mol. The number of piperazine rings is 1. The number of fused-ring (bicyclic) bond motifs is 2. The number of allylic oxidation sites excluding steroid dienone is 5. The molecule has 0 aromatic heterocycles. The summed E-state index contributed by atoms with van der Waals surface area (Å²) in [6, 6.07) is -1.44. The van der Waals surface area contributed by atoms with Crippen LogP contribution in [0.1, 0.15) is 64.2 Å². The Balaban J connectivity index is 0.720. The van der Waals surface area contributed by atoms with Crippen LogP contribution in [0.2, 0.25) is 0 Å². The van der Waals surface area contributed by atoms with Crippen molar-refractivity contribution in [1.29, 1.82) is 0 Å². The first-order chi connectivity index (χ1) is 29.2. The normalized spacial score (nSPS) is 31.5. The lowest BCUT2D eigenvalue weighted by Gasteiger charge is -2.39. The minimum atomic E-state index is -0.873. The van der Waals surface area contributed by atoms with Gasteiger partial charge in [-0.2, -0.15) is 4.91 Å². The van der Waals surface area contributed by atoms with Gasteiger partial charge in [0.05, 0.1) is 23.6 Å². The summed E-state index contributed by atoms with van der Waals surface area (Å²) in [5, 5.41) is 11.9. The molecule has 15 nitrogen and oxygen atoms in total. The molecule has 8 rings (SSSR count). The van der Waals surface area contributed by atoms with Crippen molar-refractivity contribution in [1.82, 2.24) is 36.6 Å². The Morgan fingerprint density at radius 1 is 0.933 bits per heavy atom. The molecular weight excluding hydrogens is 770 g/mol. The highest BCUT2D eigenvalue weighted by atomic mass is 19.1. The third-order valence-corrected chi connectivity index (χ3v) is 12.8. The van der Waals surface area contributed by atoms with E-state index in [2.05, 4.69) is 55.1 Å². The van der Waals surface area contributed by atoms with Crippen molar-refractivity contribution in [3.05, 3.63) is 99.6 Å². The van der Waals surface area contributed by atoms with E-state index in [1.54, 1.807) is 24.4 Å². The zero-order chi connectivity index (χ0) is 41.8. The number of aliphatic imine (C=N–C) groups is 1. The Labute approximate surface area is 348 Å². The Bertz CT molecular complexity index is 2090. The number of halogens is 1. The smallest absolute Gasteiger partial charge is 0.254 e. The number of carbonyl (C=O) groups excluding carboxylic acids is 5. The van der Waals surface area contributed by atoms with Crippen LogP contribution in [0.25, 0.3) is 0 Å². The molecule has 4 aliphatic heterocycles. The van der Waals surface area contributed by atoms with E-state index < -0.39 is 29.6 Å². The number of rotatable bonds is 13. The molecule has 7 unspecified atom stereocenters. The maximum absolute atomic E-state index is 14.8. The summed E-state index contributed by atoms with van der Waals surface area (Å²) in [6.07, 6.45) is 24.3. The molecular formula is C44H52FN9O6. The summed E-state index contributed by atoms with van der Waals surface area (Å²) in [5.74, 6) is -2.75. The van der Waals surface area contributed by atoms with Crippen LogP contribution in [0, 0.1) is 16.7 Å². The van der Waals surface area contributed by atoms with Crippen molar-refractivity contribution in [2.75, 3.05) is 32.7 Å². The number of carbonyl (C=O) groups is 5. The van der Waals surface area contributed by atoms with Crippen molar-refractivity contribution >= 4 is 35.1 Å². The molecule has 8 aliphatic rings. The highest BCUT2D eigenvalue weighted by Gasteiger charge is 2.44. The van der Waals surface area contributed by atoms with E-state index in [-0.39, 0.29) is 78.0 Å². The quantitative estimate of drug-likeness (QED) is 0.0794. The molecule has 4 fully saturated rings. The summed E-state index contributed by atoms with van der Waals surface area (Å²) >= 11 is 0. The first-order valence-corrected chi connectivity index (χ1v) is 21.3. The average molecular weight is 822 g/mol. The molecule has 4 heterocycles. The van der Waals surface area contributed by atoms with Crippen LogP contribution in [0.5, 0.6) is 0 Å². The van der Waals surface area contributed by atoms with Crippen LogP contribution in [-0.4, -0.2) is 108 Å². The Morgan fingerprint density at radius 2 is 1.73 bits per heavy atom. The molecule has 0 aromatic carbocycles. The van der Waals surface area contributed by atoms with E-state index in [1.807, 2.05) is 11.0 Å². The lowest BCUT2D eigenvalue weighted by Crippen LogP contribution is -2.51. The number of hydrazine groups is 1. The molecule has 4 aliphatic carbocycles. The number of Topliss-reactive ketones (excluding diaryl/α,β-unsaturated/α-hetero) is 2. The summed E-state index contributed by atoms with van der Waals surface area (Å²) < 4.78 is 14.8. The van der Waals surface area contributed by atoms with Gasteiger partial charge in [-0.3, -0.25) is 39.2 Å². The topological polar surface area (TPSA) is 194 Å². The van der Waals surface area contributed by atoms with Gasteiger partial charge in [-0.1, -0.05) is 73.0 Å². The van der Waals surface area contributed by atoms with Crippen molar-refractivity contribution in [3.8, 4) is 0 Å². The first kappa shape index (κ1) is 41.3. The second-order valence-corrected chi connectivity index (χ2v) is 16.5. The van der Waals surface area contributed by atoms with E-state index in [0.717, 1.165) is 62.9 Å². The molecule has 16 heteroatoms. The van der Waals surface area contributed by atoms with Crippen molar-refractivity contribution in [2.45, 2.75) is 94.4 Å². The summed E-state index contributed by atoms with van der Waals surface area (Å²) in [5.41, 5.74) is 9.38. The fraction of sp³-hybridized carbons (Fsp3) is 0.500. The third-order valence-electron chi connectivity index (χ3n) is 12.8. The third kappa shape index (κ3) is 8.72. The molecule has 316 valence electrons. The van der Waals surface area contributed by atoms with Crippen molar-refractivity contribution in [3.63, 3.8) is 0 Å². The largest absolute Gasteiger partial charge is 0.348 e. The zero-order valence-corrected chi connectivity index (χ0v) is 33.5. The molecule has 0 spiro atoms. The van der Waals surface area contributed by atoms with Crippen LogP contribution in [0.3, 0.4) is 0 Å². The van der Waals surface area contributed by atoms with Gasteiger partial charge in [0.25, 0.3) is 5.91 Å². The number of nitrogens with zero attached hydrogens (tertiary/aromatic N) is 4. The number of hydrogen-bond acceptors (Lipinski definition) is 13. The lowest BCUT2D eigenvalue weighted by atomic mass is 9.71. The number of hydrogen-bond donors (Lipinski definition) is 5. The minimum Gasteiger partial charge on any atom is -0.348 e. The SMILES string of the molecule is O=NC1C=CC=C(F)C1C1=NC2C(=CN1)NNC2C1=CCC(N2CCN(C(=O)CCCCCCCNC3C=CC=C4C(=O)C/C(=C5/CCC(=O)NC5=O)C(=O)C43)CC2)C=C1. The maximum atomic E-state index is 14.8. The fourth-order valence-corrected chi connectivity index (χ4v) is 9.49. The van der Waals surface area contributed by atoms with E-state index in [1.165, 1.54) is 12.2 Å². The lowest BCUT2D eigenvalue weighted by molar-refractivity contribution is -0.133. The van der Waals surface area contributed by atoms with E-state index in [9.17, 15) is 33.3 Å². The standard InChI is InChI=1S/C44H52FN9O6/c45-31-9-7-11-33(52-60)39(31)43-47-25-34-41(49-43)40(51-50-34)26-13-15-27(16-14-26)53-20-22-54(23-21-53)37(57)12-4-2-1-3-5-19-46-32-10-6-8-29-35(55)24-30(42(58)38(29)32)28-17-18-36(56)48-44(28)59/h6-11,13-15,25,27,32-33,38-41,46,50-51H,1-5,12,16-24H2,(H,47,49)(H,48,56,59)/b30-28+. The number of amides is 3. The molecule has 60 heavy (non-hydrogen) atoms.